The van der Waals surface area contributed by atoms with Crippen LogP contribution in [0, 0.1) is 0 Å². The Morgan fingerprint density at radius 3 is 2.75 bits per heavy atom. The number of hydrogen-bond donors (Lipinski definition) is 2. The smallest absolute Gasteiger partial charge is 0.135 e. The third-order valence-corrected chi connectivity index (χ3v) is 3.40. The average molecular weight is 381 g/mol. The molecule has 2 aromatic rings. The van der Waals surface area contributed by atoms with Gasteiger partial charge in [-0.05, 0) is 37.3 Å². The molecule has 2 N–H and O–H groups in total. The molecule has 0 aliphatic rings. The van der Waals surface area contributed by atoms with Gasteiger partial charge in [0.1, 0.15) is 11.5 Å². The molecule has 1 unspecified atom stereocenters. The molecule has 1 atom stereocenters. The molecule has 2 rings (SSSR count). The molecule has 0 bridgehead atoms. The molecule has 0 fully saturated rings. The number of benzene rings is 1. The zero-order valence-corrected chi connectivity index (χ0v) is 14.1. The van der Waals surface area contributed by atoms with E-state index in [-0.39, 0.29) is 18.5 Å². The third kappa shape index (κ3) is 4.79. The molecule has 0 saturated carbocycles. The normalized spacial score (nSPS) is 12.0. The Morgan fingerprint density at radius 2 is 2.10 bits per heavy atom. The lowest BCUT2D eigenvalue weighted by Crippen LogP contribution is -2.23. The van der Waals surface area contributed by atoms with Gasteiger partial charge in [-0.15, -0.1) is 12.4 Å². The van der Waals surface area contributed by atoms with Crippen LogP contribution in [0.5, 0.6) is 0 Å². The van der Waals surface area contributed by atoms with E-state index >= 15 is 0 Å². The summed E-state index contributed by atoms with van der Waals surface area (Å²) >= 11 is 9.55. The van der Waals surface area contributed by atoms with Gasteiger partial charge in [-0.2, -0.15) is 0 Å². The van der Waals surface area contributed by atoms with E-state index in [4.69, 9.17) is 21.1 Å². The second kappa shape index (κ2) is 8.05. The largest absolute Gasteiger partial charge is 0.460 e. The van der Waals surface area contributed by atoms with Gasteiger partial charge in [-0.3, -0.25) is 0 Å². The van der Waals surface area contributed by atoms with Gasteiger partial charge in [-0.1, -0.05) is 27.5 Å². The first kappa shape index (κ1) is 17.5. The molecule has 0 aliphatic heterocycles. The Bertz CT molecular complexity index is 558. The van der Waals surface area contributed by atoms with Crippen LogP contribution in [-0.4, -0.2) is 17.8 Å². The number of nitrogens with one attached hydrogen (secondary N) is 1. The average Bonchev–Trinajstić information content (AvgIpc) is 2.77. The standard InChI is InChI=1S/C14H15BrClNO2.ClH/c1-9(18)7-17-8-11-3-5-14(19-11)12-4-2-10(15)6-13(12)16;/h2-6,9,17-18H,7-8H2,1H3;1H. The van der Waals surface area contributed by atoms with Crippen molar-refractivity contribution in [2.24, 2.45) is 0 Å². The van der Waals surface area contributed by atoms with Crippen LogP contribution in [0.15, 0.2) is 39.2 Å². The summed E-state index contributed by atoms with van der Waals surface area (Å²) in [5, 5.41) is 12.9. The van der Waals surface area contributed by atoms with Gasteiger partial charge in [-0.25, -0.2) is 0 Å². The van der Waals surface area contributed by atoms with Crippen molar-refractivity contribution in [3.8, 4) is 11.3 Å². The number of halogens is 3. The summed E-state index contributed by atoms with van der Waals surface area (Å²) in [5.41, 5.74) is 0.867. The molecular weight excluding hydrogens is 365 g/mol. The van der Waals surface area contributed by atoms with E-state index in [1.54, 1.807) is 6.92 Å². The number of rotatable bonds is 5. The van der Waals surface area contributed by atoms with E-state index in [1.807, 2.05) is 30.3 Å². The monoisotopic (exact) mass is 379 g/mol. The summed E-state index contributed by atoms with van der Waals surface area (Å²) in [4.78, 5) is 0. The zero-order valence-electron chi connectivity index (χ0n) is 10.9. The van der Waals surface area contributed by atoms with Crippen LogP contribution in [0.25, 0.3) is 11.3 Å². The molecule has 20 heavy (non-hydrogen) atoms. The minimum atomic E-state index is -0.365. The van der Waals surface area contributed by atoms with Crippen molar-refractivity contribution < 1.29 is 9.52 Å². The molecule has 0 radical (unpaired) electrons. The van der Waals surface area contributed by atoms with E-state index in [0.717, 1.165) is 21.6 Å². The van der Waals surface area contributed by atoms with Crippen LogP contribution >= 0.6 is 39.9 Å². The second-order valence-electron chi connectivity index (χ2n) is 4.37. The lowest BCUT2D eigenvalue weighted by atomic mass is 10.2. The van der Waals surface area contributed by atoms with Gasteiger partial charge >= 0.3 is 0 Å². The van der Waals surface area contributed by atoms with Crippen LogP contribution in [0.1, 0.15) is 12.7 Å². The van der Waals surface area contributed by atoms with Crippen molar-refractivity contribution in [3.05, 3.63) is 45.6 Å². The summed E-state index contributed by atoms with van der Waals surface area (Å²) in [6.07, 6.45) is -0.365. The van der Waals surface area contributed by atoms with Crippen molar-refractivity contribution >= 4 is 39.9 Å². The van der Waals surface area contributed by atoms with E-state index < -0.39 is 0 Å². The van der Waals surface area contributed by atoms with Crippen molar-refractivity contribution in [2.75, 3.05) is 6.54 Å². The Balaban J connectivity index is 0.00000200. The molecule has 1 heterocycles. The number of aliphatic hydroxyl groups excluding tert-OH is 1. The molecule has 6 heteroatoms. The van der Waals surface area contributed by atoms with Crippen molar-refractivity contribution in [3.63, 3.8) is 0 Å². The first-order chi connectivity index (χ1) is 9.06. The molecule has 1 aromatic carbocycles. The number of hydrogen-bond acceptors (Lipinski definition) is 3. The lowest BCUT2D eigenvalue weighted by Gasteiger charge is -2.05. The van der Waals surface area contributed by atoms with Gasteiger partial charge in [0.15, 0.2) is 0 Å². The molecule has 0 saturated heterocycles. The van der Waals surface area contributed by atoms with Crippen molar-refractivity contribution in [1.82, 2.24) is 5.32 Å². The molecule has 0 amide bonds. The maximum atomic E-state index is 9.16. The highest BCUT2D eigenvalue weighted by Crippen LogP contribution is 2.31. The SMILES string of the molecule is CC(O)CNCc1ccc(-c2ccc(Br)cc2Cl)o1.Cl. The number of aliphatic hydroxyl groups is 1. The lowest BCUT2D eigenvalue weighted by molar-refractivity contribution is 0.190. The molecule has 3 nitrogen and oxygen atoms in total. The molecular formula is C14H16BrCl2NO2. The quantitative estimate of drug-likeness (QED) is 0.814. The fourth-order valence-electron chi connectivity index (χ4n) is 1.71. The highest BCUT2D eigenvalue weighted by atomic mass is 79.9. The minimum absolute atomic E-state index is 0. The Morgan fingerprint density at radius 1 is 1.35 bits per heavy atom. The van der Waals surface area contributed by atoms with E-state index in [9.17, 15) is 0 Å². The van der Waals surface area contributed by atoms with Crippen LogP contribution in [-0.2, 0) is 6.54 Å². The molecule has 0 aliphatic carbocycles. The van der Waals surface area contributed by atoms with E-state index in [1.165, 1.54) is 0 Å². The third-order valence-electron chi connectivity index (χ3n) is 2.60. The molecule has 1 aromatic heterocycles. The minimum Gasteiger partial charge on any atom is -0.460 e. The predicted octanol–water partition coefficient (Wildman–Crippen LogP) is 4.25. The Kier molecular flexibility index (Phi) is 7.06. The van der Waals surface area contributed by atoms with E-state index in [0.29, 0.717) is 18.1 Å². The van der Waals surface area contributed by atoms with Gasteiger partial charge in [0.2, 0.25) is 0 Å². The summed E-state index contributed by atoms with van der Waals surface area (Å²) in [6.45, 7) is 2.86. The zero-order chi connectivity index (χ0) is 13.8. The summed E-state index contributed by atoms with van der Waals surface area (Å²) in [6, 6.07) is 9.48. The van der Waals surface area contributed by atoms with Gasteiger partial charge in [0.25, 0.3) is 0 Å². The molecule has 110 valence electrons. The van der Waals surface area contributed by atoms with E-state index in [2.05, 4.69) is 21.2 Å². The first-order valence-corrected chi connectivity index (χ1v) is 7.16. The topological polar surface area (TPSA) is 45.4 Å². The van der Waals surface area contributed by atoms with Crippen LogP contribution < -0.4 is 5.32 Å². The van der Waals surface area contributed by atoms with Crippen molar-refractivity contribution in [1.29, 1.82) is 0 Å². The van der Waals surface area contributed by atoms with Gasteiger partial charge in [0.05, 0.1) is 17.7 Å². The summed E-state index contributed by atoms with van der Waals surface area (Å²) in [7, 11) is 0. The summed E-state index contributed by atoms with van der Waals surface area (Å²) < 4.78 is 6.67. The predicted molar refractivity (Wildman–Crippen MR) is 87.5 cm³/mol. The highest BCUT2D eigenvalue weighted by Gasteiger charge is 2.09. The molecule has 0 spiro atoms. The maximum Gasteiger partial charge on any atom is 0.135 e. The number of furan rings is 1. The fraction of sp³-hybridized carbons (Fsp3) is 0.286. The second-order valence-corrected chi connectivity index (χ2v) is 5.69. The van der Waals surface area contributed by atoms with Gasteiger partial charge < -0.3 is 14.8 Å². The van der Waals surface area contributed by atoms with Crippen molar-refractivity contribution in [2.45, 2.75) is 19.6 Å². The van der Waals surface area contributed by atoms with Crippen LogP contribution in [0.3, 0.4) is 0 Å². The summed E-state index contributed by atoms with van der Waals surface area (Å²) in [5.74, 6) is 1.56. The van der Waals surface area contributed by atoms with Crippen LogP contribution in [0.4, 0.5) is 0 Å². The maximum absolute atomic E-state index is 9.16. The Labute approximate surface area is 137 Å². The van der Waals surface area contributed by atoms with Gasteiger partial charge in [0, 0.05) is 16.6 Å². The van der Waals surface area contributed by atoms with Crippen LogP contribution in [0.2, 0.25) is 5.02 Å². The fourth-order valence-corrected chi connectivity index (χ4v) is 2.48. The highest BCUT2D eigenvalue weighted by molar-refractivity contribution is 9.10. The Hall–Kier alpha value is -0.520. The first-order valence-electron chi connectivity index (χ1n) is 5.99.